The molecule has 0 saturated carbocycles. The van der Waals surface area contributed by atoms with Crippen molar-refractivity contribution in [3.63, 3.8) is 0 Å². The Hall–Kier alpha value is -3.33. The van der Waals surface area contributed by atoms with Crippen LogP contribution in [0.3, 0.4) is 0 Å². The highest BCUT2D eigenvalue weighted by Crippen LogP contribution is 2.26. The number of aromatic nitrogens is 3. The van der Waals surface area contributed by atoms with E-state index in [1.165, 1.54) is 11.8 Å². The maximum absolute atomic E-state index is 12.6. The number of ether oxygens (including phenoxy) is 1. The zero-order valence-corrected chi connectivity index (χ0v) is 20.3. The smallest absolute Gasteiger partial charge is 0.251 e. The van der Waals surface area contributed by atoms with E-state index in [4.69, 9.17) is 4.74 Å². The molecule has 2 amide bonds. The summed E-state index contributed by atoms with van der Waals surface area (Å²) >= 11 is 1.30. The van der Waals surface area contributed by atoms with Crippen molar-refractivity contribution >= 4 is 29.3 Å². The van der Waals surface area contributed by atoms with Gasteiger partial charge in [-0.1, -0.05) is 35.5 Å². The highest BCUT2D eigenvalue weighted by atomic mass is 32.2. The van der Waals surface area contributed by atoms with Gasteiger partial charge in [-0.15, -0.1) is 10.2 Å². The molecule has 8 nitrogen and oxygen atoms in total. The second kappa shape index (κ2) is 11.0. The minimum Gasteiger partial charge on any atom is -0.495 e. The Bertz CT molecular complexity index is 1130. The van der Waals surface area contributed by atoms with Gasteiger partial charge in [-0.25, -0.2) is 0 Å². The minimum absolute atomic E-state index is 0.166. The third-order valence-electron chi connectivity index (χ3n) is 5.07. The summed E-state index contributed by atoms with van der Waals surface area (Å²) in [7, 11) is 1.57. The SMILES string of the molecule is CCn1c(SCC(=O)Nc2cc(C)ccc2OC)nnc1[C@@H](C)NC(=O)c1ccc(C)cc1. The molecule has 0 bridgehead atoms. The summed E-state index contributed by atoms with van der Waals surface area (Å²) in [6, 6.07) is 12.7. The maximum Gasteiger partial charge on any atom is 0.251 e. The van der Waals surface area contributed by atoms with Crippen LogP contribution >= 0.6 is 11.8 Å². The number of methoxy groups -OCH3 is 1. The Morgan fingerprint density at radius 2 is 1.79 bits per heavy atom. The molecule has 0 aliphatic rings. The number of carbonyl (C=O) groups excluding carboxylic acids is 2. The van der Waals surface area contributed by atoms with Gasteiger partial charge in [0.05, 0.1) is 24.6 Å². The Morgan fingerprint density at radius 3 is 2.45 bits per heavy atom. The standard InChI is InChI=1S/C24H29N5O3S/c1-6-29-22(17(4)25-23(31)18-10-7-15(2)8-11-18)27-28-24(29)33-14-21(30)26-19-13-16(3)9-12-20(19)32-5/h7-13,17H,6,14H2,1-5H3,(H,25,31)(H,26,30)/t17-/m1/s1. The molecular weight excluding hydrogens is 438 g/mol. The number of amides is 2. The molecule has 0 fully saturated rings. The number of benzene rings is 2. The topological polar surface area (TPSA) is 98.1 Å². The molecule has 9 heteroatoms. The van der Waals surface area contributed by atoms with Crippen molar-refractivity contribution in [2.45, 2.75) is 45.4 Å². The lowest BCUT2D eigenvalue weighted by molar-refractivity contribution is -0.113. The summed E-state index contributed by atoms with van der Waals surface area (Å²) in [5, 5.41) is 15.0. The molecule has 3 aromatic rings. The summed E-state index contributed by atoms with van der Waals surface area (Å²) in [5.41, 5.74) is 3.34. The van der Waals surface area contributed by atoms with Crippen LogP contribution in [0.4, 0.5) is 5.69 Å². The first-order valence-corrected chi connectivity index (χ1v) is 11.7. The maximum atomic E-state index is 12.6. The van der Waals surface area contributed by atoms with Crippen molar-refractivity contribution in [1.82, 2.24) is 20.1 Å². The van der Waals surface area contributed by atoms with Crippen LogP contribution in [0.1, 0.15) is 47.2 Å². The van der Waals surface area contributed by atoms with Crippen molar-refractivity contribution in [2.75, 3.05) is 18.2 Å². The molecule has 0 radical (unpaired) electrons. The van der Waals surface area contributed by atoms with Gasteiger partial charge in [0.2, 0.25) is 5.91 Å². The number of anilines is 1. The number of nitrogens with zero attached hydrogens (tertiary/aromatic N) is 3. The van der Waals surface area contributed by atoms with E-state index in [1.54, 1.807) is 19.2 Å². The first kappa shape index (κ1) is 24.3. The molecule has 1 aromatic heterocycles. The molecule has 2 aromatic carbocycles. The van der Waals surface area contributed by atoms with E-state index < -0.39 is 0 Å². The largest absolute Gasteiger partial charge is 0.495 e. The van der Waals surface area contributed by atoms with Gasteiger partial charge in [-0.2, -0.15) is 0 Å². The summed E-state index contributed by atoms with van der Waals surface area (Å²) in [4.78, 5) is 25.1. The number of rotatable bonds is 9. The average molecular weight is 468 g/mol. The summed E-state index contributed by atoms with van der Waals surface area (Å²) < 4.78 is 7.23. The van der Waals surface area contributed by atoms with Gasteiger partial charge in [0.25, 0.3) is 5.91 Å². The Labute approximate surface area is 198 Å². The third kappa shape index (κ3) is 6.13. The quantitative estimate of drug-likeness (QED) is 0.459. The van der Waals surface area contributed by atoms with Crippen LogP contribution < -0.4 is 15.4 Å². The number of aryl methyl sites for hydroxylation is 2. The van der Waals surface area contributed by atoms with Gasteiger partial charge in [-0.05, 0) is 57.5 Å². The minimum atomic E-state index is -0.342. The van der Waals surface area contributed by atoms with Gasteiger partial charge < -0.3 is 19.9 Å². The van der Waals surface area contributed by atoms with Gasteiger partial charge >= 0.3 is 0 Å². The average Bonchev–Trinajstić information content (AvgIpc) is 3.21. The monoisotopic (exact) mass is 467 g/mol. The van der Waals surface area contributed by atoms with E-state index in [1.807, 2.05) is 62.6 Å². The van der Waals surface area contributed by atoms with E-state index >= 15 is 0 Å². The molecule has 0 saturated heterocycles. The fourth-order valence-corrected chi connectivity index (χ4v) is 4.12. The van der Waals surface area contributed by atoms with Gasteiger partial charge in [-0.3, -0.25) is 9.59 Å². The van der Waals surface area contributed by atoms with Crippen molar-refractivity contribution in [3.05, 3.63) is 65.0 Å². The van der Waals surface area contributed by atoms with Crippen LogP contribution in [0.5, 0.6) is 5.75 Å². The fraction of sp³-hybridized carbons (Fsp3) is 0.333. The molecule has 0 aliphatic heterocycles. The molecular formula is C24H29N5O3S. The molecule has 0 aliphatic carbocycles. The number of nitrogens with one attached hydrogen (secondary N) is 2. The van der Waals surface area contributed by atoms with Gasteiger partial charge in [0.1, 0.15) is 5.75 Å². The highest BCUT2D eigenvalue weighted by Gasteiger charge is 2.20. The van der Waals surface area contributed by atoms with Crippen LogP contribution in [-0.4, -0.2) is 39.4 Å². The van der Waals surface area contributed by atoms with Crippen LogP contribution in [0.15, 0.2) is 47.6 Å². The second-order valence-corrected chi connectivity index (χ2v) is 8.63. The molecule has 33 heavy (non-hydrogen) atoms. The lowest BCUT2D eigenvalue weighted by atomic mass is 10.1. The van der Waals surface area contributed by atoms with Crippen LogP contribution in [0, 0.1) is 13.8 Å². The normalized spacial score (nSPS) is 11.7. The zero-order valence-electron chi connectivity index (χ0n) is 19.5. The van der Waals surface area contributed by atoms with Crippen LogP contribution in [0.25, 0.3) is 0 Å². The van der Waals surface area contributed by atoms with E-state index in [2.05, 4.69) is 20.8 Å². The summed E-state index contributed by atoms with van der Waals surface area (Å²) in [6.45, 7) is 8.39. The Morgan fingerprint density at radius 1 is 1.09 bits per heavy atom. The van der Waals surface area contributed by atoms with Crippen molar-refractivity contribution in [2.24, 2.45) is 0 Å². The number of thioether (sulfide) groups is 1. The predicted octanol–water partition coefficient (Wildman–Crippen LogP) is 4.15. The van der Waals surface area contributed by atoms with Crippen molar-refractivity contribution in [1.29, 1.82) is 0 Å². The zero-order chi connectivity index (χ0) is 24.0. The second-order valence-electron chi connectivity index (χ2n) is 7.69. The van der Waals surface area contributed by atoms with Crippen LogP contribution in [-0.2, 0) is 11.3 Å². The number of hydrogen-bond acceptors (Lipinski definition) is 6. The summed E-state index contributed by atoms with van der Waals surface area (Å²) in [6.07, 6.45) is 0. The van der Waals surface area contributed by atoms with Gasteiger partial charge in [0.15, 0.2) is 11.0 Å². The van der Waals surface area contributed by atoms with E-state index in [-0.39, 0.29) is 23.6 Å². The lowest BCUT2D eigenvalue weighted by Crippen LogP contribution is -2.28. The third-order valence-corrected chi connectivity index (χ3v) is 6.04. The molecule has 0 unspecified atom stereocenters. The fourth-order valence-electron chi connectivity index (χ4n) is 3.31. The number of carbonyl (C=O) groups is 2. The molecule has 1 atom stereocenters. The molecule has 1 heterocycles. The van der Waals surface area contributed by atoms with Crippen molar-refractivity contribution in [3.8, 4) is 5.75 Å². The van der Waals surface area contributed by atoms with Crippen LogP contribution in [0.2, 0.25) is 0 Å². The van der Waals surface area contributed by atoms with E-state index in [9.17, 15) is 9.59 Å². The lowest BCUT2D eigenvalue weighted by Gasteiger charge is -2.15. The molecule has 2 N–H and O–H groups in total. The first-order valence-electron chi connectivity index (χ1n) is 10.7. The predicted molar refractivity (Wildman–Crippen MR) is 130 cm³/mol. The van der Waals surface area contributed by atoms with Crippen molar-refractivity contribution < 1.29 is 14.3 Å². The van der Waals surface area contributed by atoms with E-state index in [0.717, 1.165) is 11.1 Å². The summed E-state index contributed by atoms with van der Waals surface area (Å²) in [5.74, 6) is 1.07. The first-order chi connectivity index (χ1) is 15.8. The Balaban J connectivity index is 1.64. The molecule has 174 valence electrons. The van der Waals surface area contributed by atoms with Gasteiger partial charge in [0, 0.05) is 12.1 Å². The molecule has 0 spiro atoms. The van der Waals surface area contributed by atoms with E-state index in [0.29, 0.717) is 34.5 Å². The molecule has 3 rings (SSSR count). The Kier molecular flexibility index (Phi) is 8.11. The number of hydrogen-bond donors (Lipinski definition) is 2. The highest BCUT2D eigenvalue weighted by molar-refractivity contribution is 7.99.